The van der Waals surface area contributed by atoms with Crippen molar-refractivity contribution in [3.05, 3.63) is 58.5 Å². The van der Waals surface area contributed by atoms with Crippen molar-refractivity contribution in [2.75, 3.05) is 13.2 Å². The first-order chi connectivity index (χ1) is 12.7. The fourth-order valence-electron chi connectivity index (χ4n) is 2.83. The van der Waals surface area contributed by atoms with E-state index in [1.165, 1.54) is 11.8 Å². The molecule has 0 saturated carbocycles. The van der Waals surface area contributed by atoms with Crippen molar-refractivity contribution in [2.24, 2.45) is 0 Å². The number of aryl methyl sites for hydroxylation is 1. The second-order valence-electron chi connectivity index (χ2n) is 6.54. The van der Waals surface area contributed by atoms with Crippen molar-refractivity contribution in [1.29, 1.82) is 0 Å². The summed E-state index contributed by atoms with van der Waals surface area (Å²) in [4.78, 5) is 4.13. The lowest BCUT2D eigenvalue weighted by Gasteiger charge is -2.13. The third kappa shape index (κ3) is 6.10. The number of rotatable bonds is 11. The zero-order valence-electron chi connectivity index (χ0n) is 16.2. The normalized spacial score (nSPS) is 10.9. The molecule has 0 N–H and O–H groups in total. The van der Waals surface area contributed by atoms with E-state index in [1.807, 2.05) is 6.92 Å². The lowest BCUT2D eigenvalue weighted by molar-refractivity contribution is 0.131. The van der Waals surface area contributed by atoms with Gasteiger partial charge in [0.25, 0.3) is 0 Å². The molecule has 2 aromatic rings. The zero-order valence-corrected chi connectivity index (χ0v) is 16.2. The zero-order chi connectivity index (χ0) is 18.8. The molecule has 0 unspecified atom stereocenters. The second kappa shape index (κ2) is 10.9. The van der Waals surface area contributed by atoms with Crippen LogP contribution in [-0.2, 0) is 24.2 Å². The summed E-state index contributed by atoms with van der Waals surface area (Å²) < 4.78 is 25.5. The Hall–Kier alpha value is -1.94. The van der Waals surface area contributed by atoms with Crippen LogP contribution in [0.15, 0.2) is 30.5 Å². The number of halogens is 1. The molecule has 0 aliphatic heterocycles. The Morgan fingerprint density at radius 3 is 2.42 bits per heavy atom. The highest BCUT2D eigenvalue weighted by molar-refractivity contribution is 5.34. The monoisotopic (exact) mass is 359 g/mol. The number of aromatic nitrogens is 1. The molecule has 1 aromatic carbocycles. The van der Waals surface area contributed by atoms with Crippen LogP contribution < -0.4 is 4.74 Å². The van der Waals surface area contributed by atoms with Gasteiger partial charge in [-0.3, -0.25) is 0 Å². The van der Waals surface area contributed by atoms with Crippen LogP contribution in [0.3, 0.4) is 0 Å². The molecule has 0 aliphatic carbocycles. The van der Waals surface area contributed by atoms with Gasteiger partial charge in [0.1, 0.15) is 12.4 Å². The van der Waals surface area contributed by atoms with E-state index in [4.69, 9.17) is 9.47 Å². The predicted octanol–water partition coefficient (Wildman–Crippen LogP) is 5.42. The Balaban J connectivity index is 1.92. The number of ether oxygens (including phenoxy) is 2. The molecule has 0 bridgehead atoms. The molecule has 0 aliphatic rings. The van der Waals surface area contributed by atoms with E-state index >= 15 is 0 Å². The van der Waals surface area contributed by atoms with E-state index in [0.717, 1.165) is 50.0 Å². The smallest absolute Gasteiger partial charge is 0.217 e. The number of pyridine rings is 1. The number of hydrogen-bond donors (Lipinski definition) is 0. The van der Waals surface area contributed by atoms with E-state index in [0.29, 0.717) is 24.5 Å². The van der Waals surface area contributed by atoms with E-state index in [1.54, 1.807) is 0 Å². The lowest BCUT2D eigenvalue weighted by atomic mass is 10.0. The van der Waals surface area contributed by atoms with Crippen molar-refractivity contribution in [2.45, 2.75) is 59.5 Å². The molecule has 2 rings (SSSR count). The van der Waals surface area contributed by atoms with Crippen molar-refractivity contribution in [3.8, 4) is 5.88 Å². The van der Waals surface area contributed by atoms with Crippen molar-refractivity contribution in [3.63, 3.8) is 0 Å². The van der Waals surface area contributed by atoms with Crippen molar-refractivity contribution < 1.29 is 13.9 Å². The third-order valence-electron chi connectivity index (χ3n) is 4.48. The minimum Gasteiger partial charge on any atom is -0.473 e. The van der Waals surface area contributed by atoms with Gasteiger partial charge in [0.2, 0.25) is 5.88 Å². The Labute approximate surface area is 156 Å². The standard InChI is InChI=1S/C22H30FNO2/c1-4-13-25-14-7-6-8-20-17(3)22(24-15-21(20)23)26-16-19-11-9-18(5-2)10-12-19/h9-12,15H,4-8,13-14,16H2,1-3H3. The van der Waals surface area contributed by atoms with E-state index in [-0.39, 0.29) is 5.82 Å². The lowest BCUT2D eigenvalue weighted by Crippen LogP contribution is -2.05. The summed E-state index contributed by atoms with van der Waals surface area (Å²) in [6.07, 6.45) is 5.82. The molecule has 0 radical (unpaired) electrons. The maximum atomic E-state index is 14.2. The van der Waals surface area contributed by atoms with E-state index < -0.39 is 0 Å². The molecular weight excluding hydrogens is 329 g/mol. The van der Waals surface area contributed by atoms with Gasteiger partial charge >= 0.3 is 0 Å². The molecule has 0 amide bonds. The van der Waals surface area contributed by atoms with E-state index in [2.05, 4.69) is 43.1 Å². The molecule has 1 heterocycles. The molecule has 3 nitrogen and oxygen atoms in total. The van der Waals surface area contributed by atoms with Crippen LogP contribution in [0.25, 0.3) is 0 Å². The average Bonchev–Trinajstić information content (AvgIpc) is 2.66. The van der Waals surface area contributed by atoms with Gasteiger partial charge in [-0.1, -0.05) is 38.1 Å². The highest BCUT2D eigenvalue weighted by atomic mass is 19.1. The summed E-state index contributed by atoms with van der Waals surface area (Å²) in [6.45, 7) is 8.07. The summed E-state index contributed by atoms with van der Waals surface area (Å²) in [7, 11) is 0. The number of hydrogen-bond acceptors (Lipinski definition) is 3. The largest absolute Gasteiger partial charge is 0.473 e. The third-order valence-corrected chi connectivity index (χ3v) is 4.48. The number of benzene rings is 1. The van der Waals surface area contributed by atoms with Gasteiger partial charge in [-0.15, -0.1) is 0 Å². The molecule has 0 saturated heterocycles. The summed E-state index contributed by atoms with van der Waals surface area (Å²) >= 11 is 0. The Kier molecular flexibility index (Phi) is 8.56. The van der Waals surface area contributed by atoms with Crippen molar-refractivity contribution in [1.82, 2.24) is 4.98 Å². The Morgan fingerprint density at radius 1 is 1.00 bits per heavy atom. The topological polar surface area (TPSA) is 31.4 Å². The van der Waals surface area contributed by atoms with Gasteiger partial charge < -0.3 is 9.47 Å². The fourth-order valence-corrected chi connectivity index (χ4v) is 2.83. The molecule has 26 heavy (non-hydrogen) atoms. The molecule has 1 aromatic heterocycles. The van der Waals surface area contributed by atoms with Crippen LogP contribution >= 0.6 is 0 Å². The molecule has 4 heteroatoms. The molecule has 0 atom stereocenters. The first kappa shape index (κ1) is 20.4. The Morgan fingerprint density at radius 2 is 1.73 bits per heavy atom. The van der Waals surface area contributed by atoms with Crippen LogP contribution in [0.2, 0.25) is 0 Å². The van der Waals surface area contributed by atoms with E-state index in [9.17, 15) is 4.39 Å². The highest BCUT2D eigenvalue weighted by Crippen LogP contribution is 2.24. The molecule has 0 spiro atoms. The quantitative estimate of drug-likeness (QED) is 0.502. The van der Waals surface area contributed by atoms with Crippen molar-refractivity contribution >= 4 is 0 Å². The molecule has 142 valence electrons. The van der Waals surface area contributed by atoms with Crippen LogP contribution in [0.4, 0.5) is 4.39 Å². The highest BCUT2D eigenvalue weighted by Gasteiger charge is 2.12. The Bertz CT molecular complexity index is 671. The maximum absolute atomic E-state index is 14.2. The second-order valence-corrected chi connectivity index (χ2v) is 6.54. The summed E-state index contributed by atoms with van der Waals surface area (Å²) in [5.41, 5.74) is 3.88. The van der Waals surface area contributed by atoms with Gasteiger partial charge in [0, 0.05) is 18.8 Å². The van der Waals surface area contributed by atoms with Crippen LogP contribution in [0, 0.1) is 12.7 Å². The first-order valence-corrected chi connectivity index (χ1v) is 9.58. The molecular formula is C22H30FNO2. The summed E-state index contributed by atoms with van der Waals surface area (Å²) in [5.74, 6) is 0.264. The van der Waals surface area contributed by atoms with Gasteiger partial charge in [0.05, 0.1) is 6.20 Å². The number of nitrogens with zero attached hydrogens (tertiary/aromatic N) is 1. The average molecular weight is 359 g/mol. The SMILES string of the molecule is CCCOCCCCc1c(F)cnc(OCc2ccc(CC)cc2)c1C. The van der Waals surface area contributed by atoms with Crippen LogP contribution in [0.5, 0.6) is 5.88 Å². The van der Waals surface area contributed by atoms with Gasteiger partial charge in [-0.05, 0) is 55.7 Å². The predicted molar refractivity (Wildman–Crippen MR) is 103 cm³/mol. The van der Waals surface area contributed by atoms with Gasteiger partial charge in [-0.2, -0.15) is 0 Å². The summed E-state index contributed by atoms with van der Waals surface area (Å²) in [6, 6.07) is 8.34. The van der Waals surface area contributed by atoms with Gasteiger partial charge in [0.15, 0.2) is 0 Å². The minimum atomic E-state index is -0.253. The fraction of sp³-hybridized carbons (Fsp3) is 0.500. The number of unbranched alkanes of at least 4 members (excludes halogenated alkanes) is 1. The van der Waals surface area contributed by atoms with Crippen LogP contribution in [-0.4, -0.2) is 18.2 Å². The minimum absolute atomic E-state index is 0.253. The van der Waals surface area contributed by atoms with Crippen LogP contribution in [0.1, 0.15) is 55.4 Å². The first-order valence-electron chi connectivity index (χ1n) is 9.58. The summed E-state index contributed by atoms with van der Waals surface area (Å²) in [5, 5.41) is 0. The maximum Gasteiger partial charge on any atom is 0.217 e. The molecule has 0 fully saturated rings. The van der Waals surface area contributed by atoms with Gasteiger partial charge in [-0.25, -0.2) is 9.37 Å².